The first-order chi connectivity index (χ1) is 11.4. The number of hydrogen-bond donors (Lipinski definition) is 0. The highest BCUT2D eigenvalue weighted by Gasteiger charge is 2.25. The zero-order valence-electron chi connectivity index (χ0n) is 12.9. The van der Waals surface area contributed by atoms with E-state index in [4.69, 9.17) is 11.6 Å². The van der Waals surface area contributed by atoms with Gasteiger partial charge in [-0.1, -0.05) is 46.6 Å². The summed E-state index contributed by atoms with van der Waals surface area (Å²) in [7, 11) is -3.54. The van der Waals surface area contributed by atoms with Crippen molar-refractivity contribution in [3.63, 3.8) is 0 Å². The SMILES string of the molecule is CCN(Cc1ccc(Br)cc1)S(=O)(=O)c1cc2cc(Cl)ccc2s1. The van der Waals surface area contributed by atoms with Crippen molar-refractivity contribution >= 4 is 59.0 Å². The van der Waals surface area contributed by atoms with Gasteiger partial charge in [0.1, 0.15) is 4.21 Å². The summed E-state index contributed by atoms with van der Waals surface area (Å²) in [5.41, 5.74) is 0.952. The molecule has 24 heavy (non-hydrogen) atoms. The normalized spacial score (nSPS) is 12.2. The van der Waals surface area contributed by atoms with Gasteiger partial charge in [0.05, 0.1) is 0 Å². The lowest BCUT2D eigenvalue weighted by atomic mass is 10.2. The van der Waals surface area contributed by atoms with Crippen molar-refractivity contribution in [3.8, 4) is 0 Å². The highest BCUT2D eigenvalue weighted by atomic mass is 79.9. The van der Waals surface area contributed by atoms with Crippen LogP contribution in [0.15, 0.2) is 57.2 Å². The van der Waals surface area contributed by atoms with Gasteiger partial charge in [0, 0.05) is 27.3 Å². The first kappa shape index (κ1) is 17.9. The van der Waals surface area contributed by atoms with Gasteiger partial charge in [0.25, 0.3) is 10.0 Å². The molecule has 0 fully saturated rings. The predicted molar refractivity (Wildman–Crippen MR) is 104 cm³/mol. The highest BCUT2D eigenvalue weighted by molar-refractivity contribution is 9.10. The van der Waals surface area contributed by atoms with Crippen LogP contribution >= 0.6 is 38.9 Å². The molecule has 0 atom stereocenters. The Kier molecular flexibility index (Phi) is 5.32. The van der Waals surface area contributed by atoms with Crippen LogP contribution in [0.4, 0.5) is 0 Å². The maximum absolute atomic E-state index is 13.0. The first-order valence-electron chi connectivity index (χ1n) is 7.34. The number of halogens is 2. The monoisotopic (exact) mass is 443 g/mol. The minimum absolute atomic E-state index is 0.346. The molecule has 0 spiro atoms. The highest BCUT2D eigenvalue weighted by Crippen LogP contribution is 2.33. The fourth-order valence-corrected chi connectivity index (χ4v) is 5.82. The molecular weight excluding hydrogens is 430 g/mol. The lowest BCUT2D eigenvalue weighted by Gasteiger charge is -2.19. The van der Waals surface area contributed by atoms with E-state index >= 15 is 0 Å². The third kappa shape index (κ3) is 3.68. The molecule has 1 aromatic heterocycles. The fraction of sp³-hybridized carbons (Fsp3) is 0.176. The molecule has 7 heteroatoms. The molecule has 1 heterocycles. The van der Waals surface area contributed by atoms with E-state index in [1.807, 2.05) is 37.3 Å². The van der Waals surface area contributed by atoms with Gasteiger partial charge in [-0.25, -0.2) is 8.42 Å². The third-order valence-electron chi connectivity index (χ3n) is 3.67. The van der Waals surface area contributed by atoms with Crippen LogP contribution < -0.4 is 0 Å². The second kappa shape index (κ2) is 7.14. The zero-order valence-corrected chi connectivity index (χ0v) is 16.8. The molecule has 0 radical (unpaired) electrons. The molecule has 3 nitrogen and oxygen atoms in total. The molecule has 0 saturated carbocycles. The number of rotatable bonds is 5. The van der Waals surface area contributed by atoms with Crippen LogP contribution in [0.3, 0.4) is 0 Å². The van der Waals surface area contributed by atoms with Gasteiger partial charge in [-0.3, -0.25) is 0 Å². The first-order valence-corrected chi connectivity index (χ1v) is 10.8. The molecule has 0 unspecified atom stereocenters. The number of benzene rings is 2. The third-order valence-corrected chi connectivity index (χ3v) is 7.92. The van der Waals surface area contributed by atoms with E-state index in [0.29, 0.717) is 22.3 Å². The molecule has 0 aliphatic heterocycles. The smallest absolute Gasteiger partial charge is 0.206 e. The Labute approximate surface area is 159 Å². The van der Waals surface area contributed by atoms with Gasteiger partial charge in [0.2, 0.25) is 0 Å². The maximum Gasteiger partial charge on any atom is 0.252 e. The number of fused-ring (bicyclic) bond motifs is 1. The second-order valence-electron chi connectivity index (χ2n) is 5.31. The summed E-state index contributed by atoms with van der Waals surface area (Å²) >= 11 is 10.7. The van der Waals surface area contributed by atoms with Crippen LogP contribution in [0.2, 0.25) is 5.02 Å². The Hall–Kier alpha value is -0.920. The van der Waals surface area contributed by atoms with Crippen molar-refractivity contribution in [1.29, 1.82) is 0 Å². The molecule has 126 valence electrons. The lowest BCUT2D eigenvalue weighted by molar-refractivity contribution is 0.425. The van der Waals surface area contributed by atoms with Crippen molar-refractivity contribution in [2.24, 2.45) is 0 Å². The van der Waals surface area contributed by atoms with Gasteiger partial charge in [0.15, 0.2) is 0 Å². The number of nitrogens with zero attached hydrogens (tertiary/aromatic N) is 1. The standard InChI is InChI=1S/C17H15BrClNO2S2/c1-2-20(11-12-3-5-14(18)6-4-12)24(21,22)17-10-13-9-15(19)7-8-16(13)23-17/h3-10H,2,11H2,1H3. The summed E-state index contributed by atoms with van der Waals surface area (Å²) in [6.07, 6.45) is 0. The fourth-order valence-electron chi connectivity index (χ4n) is 2.40. The average Bonchev–Trinajstić information content (AvgIpc) is 2.98. The topological polar surface area (TPSA) is 37.4 Å². The zero-order chi connectivity index (χ0) is 17.3. The molecule has 0 aliphatic carbocycles. The van der Waals surface area contributed by atoms with Crippen LogP contribution in [-0.4, -0.2) is 19.3 Å². The summed E-state index contributed by atoms with van der Waals surface area (Å²) in [6, 6.07) is 14.8. The Morgan fingerprint density at radius 2 is 1.83 bits per heavy atom. The molecule has 3 aromatic rings. The quantitative estimate of drug-likeness (QED) is 0.519. The minimum Gasteiger partial charge on any atom is -0.206 e. The largest absolute Gasteiger partial charge is 0.252 e. The molecule has 3 rings (SSSR count). The summed E-state index contributed by atoms with van der Waals surface area (Å²) in [6.45, 7) is 2.61. The Balaban J connectivity index is 1.94. The Bertz CT molecular complexity index is 968. The van der Waals surface area contributed by atoms with Crippen LogP contribution in [0.1, 0.15) is 12.5 Å². The predicted octanol–water partition coefficient (Wildman–Crippen LogP) is 5.53. The van der Waals surface area contributed by atoms with Crippen molar-refractivity contribution in [3.05, 3.63) is 63.6 Å². The van der Waals surface area contributed by atoms with Gasteiger partial charge >= 0.3 is 0 Å². The van der Waals surface area contributed by atoms with E-state index < -0.39 is 10.0 Å². The van der Waals surface area contributed by atoms with Gasteiger partial charge < -0.3 is 0 Å². The van der Waals surface area contributed by atoms with E-state index in [1.165, 1.54) is 15.6 Å². The summed E-state index contributed by atoms with van der Waals surface area (Å²) in [4.78, 5) is 0. The van der Waals surface area contributed by atoms with Crippen molar-refractivity contribution in [2.45, 2.75) is 17.7 Å². The summed E-state index contributed by atoms with van der Waals surface area (Å²) in [5, 5.41) is 1.46. The summed E-state index contributed by atoms with van der Waals surface area (Å²) in [5.74, 6) is 0. The maximum atomic E-state index is 13.0. The lowest BCUT2D eigenvalue weighted by Crippen LogP contribution is -2.29. The van der Waals surface area contributed by atoms with Gasteiger partial charge in [-0.05, 0) is 47.3 Å². The second-order valence-corrected chi connectivity index (χ2v) is 9.91. The van der Waals surface area contributed by atoms with Crippen LogP contribution in [0.5, 0.6) is 0 Å². The van der Waals surface area contributed by atoms with Gasteiger partial charge in [-0.15, -0.1) is 11.3 Å². The van der Waals surface area contributed by atoms with E-state index in [0.717, 1.165) is 20.1 Å². The molecular formula is C17H15BrClNO2S2. The van der Waals surface area contributed by atoms with E-state index in [-0.39, 0.29) is 0 Å². The Morgan fingerprint density at radius 3 is 2.50 bits per heavy atom. The average molecular weight is 445 g/mol. The number of sulfonamides is 1. The Morgan fingerprint density at radius 1 is 1.12 bits per heavy atom. The van der Waals surface area contributed by atoms with Crippen molar-refractivity contribution in [1.82, 2.24) is 4.31 Å². The number of thiophene rings is 1. The van der Waals surface area contributed by atoms with E-state index in [1.54, 1.807) is 18.2 Å². The molecule has 0 saturated heterocycles. The van der Waals surface area contributed by atoms with Crippen LogP contribution in [-0.2, 0) is 16.6 Å². The molecule has 2 aromatic carbocycles. The van der Waals surface area contributed by atoms with Crippen LogP contribution in [0, 0.1) is 0 Å². The van der Waals surface area contributed by atoms with Gasteiger partial charge in [-0.2, -0.15) is 4.31 Å². The molecule has 0 aliphatic rings. The summed E-state index contributed by atoms with van der Waals surface area (Å²) < 4.78 is 29.7. The molecule has 0 amide bonds. The molecule has 0 bridgehead atoms. The van der Waals surface area contributed by atoms with E-state index in [9.17, 15) is 8.42 Å². The van der Waals surface area contributed by atoms with Crippen molar-refractivity contribution < 1.29 is 8.42 Å². The van der Waals surface area contributed by atoms with Crippen molar-refractivity contribution in [2.75, 3.05) is 6.54 Å². The number of hydrogen-bond acceptors (Lipinski definition) is 3. The van der Waals surface area contributed by atoms with E-state index in [2.05, 4.69) is 15.9 Å². The molecule has 0 N–H and O–H groups in total. The van der Waals surface area contributed by atoms with Crippen LogP contribution in [0.25, 0.3) is 10.1 Å². The minimum atomic E-state index is -3.54.